The van der Waals surface area contributed by atoms with Crippen LogP contribution < -0.4 is 19.9 Å². The number of ether oxygens (including phenoxy) is 3. The molecule has 8 heteroatoms. The third-order valence-corrected chi connectivity index (χ3v) is 4.44. The van der Waals surface area contributed by atoms with Crippen molar-refractivity contribution in [2.45, 2.75) is 6.92 Å². The monoisotopic (exact) mass is 459 g/mol. The van der Waals surface area contributed by atoms with Crippen molar-refractivity contribution in [1.82, 2.24) is 0 Å². The van der Waals surface area contributed by atoms with Gasteiger partial charge in [-0.25, -0.2) is 14.4 Å². The molecule has 34 heavy (non-hydrogen) atoms. The summed E-state index contributed by atoms with van der Waals surface area (Å²) in [5.74, 6) is -0.994. The second kappa shape index (κ2) is 10.6. The Balaban J connectivity index is 1.57. The Bertz CT molecular complexity index is 1260. The number of aromatic hydroxyl groups is 1. The molecule has 0 spiro atoms. The summed E-state index contributed by atoms with van der Waals surface area (Å²) in [6.45, 7) is 5.01. The molecule has 3 N–H and O–H groups in total. The molecular weight excluding hydrogens is 438 g/mol. The minimum absolute atomic E-state index is 0.0456. The lowest BCUT2D eigenvalue weighted by Crippen LogP contribution is -2.16. The van der Waals surface area contributed by atoms with Gasteiger partial charge in [0.05, 0.1) is 5.56 Å². The van der Waals surface area contributed by atoms with Gasteiger partial charge in [-0.1, -0.05) is 18.7 Å². The van der Waals surface area contributed by atoms with E-state index in [1.807, 2.05) is 0 Å². The number of aryl methyl sites for hydroxylation is 1. The zero-order valence-corrected chi connectivity index (χ0v) is 18.2. The Kier molecular flexibility index (Phi) is 7.45. The SMILES string of the molecule is C=C(N)C(=O)Oc1ccc(/C=C/C(=O)Oc2ccc(OC(=O)c3ccc(O)cc3)cc2C)cc1. The molecule has 0 radical (unpaired) electrons. The minimum atomic E-state index is -0.733. The van der Waals surface area contributed by atoms with E-state index in [4.69, 9.17) is 19.9 Å². The first-order valence-corrected chi connectivity index (χ1v) is 9.99. The number of carbonyl (C=O) groups is 3. The quantitative estimate of drug-likeness (QED) is 0.309. The molecule has 0 atom stereocenters. The Labute approximate surface area is 195 Å². The molecule has 0 fully saturated rings. The van der Waals surface area contributed by atoms with E-state index in [0.717, 1.165) is 0 Å². The van der Waals surface area contributed by atoms with Gasteiger partial charge in [-0.15, -0.1) is 0 Å². The van der Waals surface area contributed by atoms with Crippen LogP contribution in [0, 0.1) is 6.92 Å². The van der Waals surface area contributed by atoms with Crippen molar-refractivity contribution >= 4 is 24.0 Å². The van der Waals surface area contributed by atoms with Crippen molar-refractivity contribution in [1.29, 1.82) is 0 Å². The van der Waals surface area contributed by atoms with Gasteiger partial charge in [0, 0.05) is 6.08 Å². The minimum Gasteiger partial charge on any atom is -0.508 e. The van der Waals surface area contributed by atoms with E-state index in [9.17, 15) is 19.5 Å². The van der Waals surface area contributed by atoms with Crippen molar-refractivity contribution in [2.75, 3.05) is 0 Å². The first-order chi connectivity index (χ1) is 16.2. The average molecular weight is 459 g/mol. The van der Waals surface area contributed by atoms with Crippen molar-refractivity contribution in [2.24, 2.45) is 5.73 Å². The molecular formula is C26H21NO7. The molecule has 0 amide bonds. The maximum absolute atomic E-state index is 12.2. The molecule has 0 heterocycles. The van der Waals surface area contributed by atoms with Crippen molar-refractivity contribution in [3.63, 3.8) is 0 Å². The predicted octanol–water partition coefficient (Wildman–Crippen LogP) is 3.92. The number of phenols is 1. The van der Waals surface area contributed by atoms with E-state index >= 15 is 0 Å². The van der Waals surface area contributed by atoms with Gasteiger partial charge in [-0.05, 0) is 78.7 Å². The molecule has 0 aliphatic heterocycles. The van der Waals surface area contributed by atoms with E-state index < -0.39 is 17.9 Å². The first-order valence-electron chi connectivity index (χ1n) is 9.99. The zero-order valence-electron chi connectivity index (χ0n) is 18.2. The Morgan fingerprint density at radius 1 is 0.882 bits per heavy atom. The standard InChI is InChI=1S/C26H21NO7/c1-16-15-22(33-26(31)19-6-8-20(28)9-7-19)12-13-23(16)34-24(29)14-5-18-3-10-21(11-4-18)32-25(30)17(2)27/h3-15,28H,2,27H2,1H3/b14-5+. The highest BCUT2D eigenvalue weighted by atomic mass is 16.5. The van der Waals surface area contributed by atoms with Gasteiger partial charge >= 0.3 is 17.9 Å². The van der Waals surface area contributed by atoms with Crippen molar-refractivity contribution in [3.05, 3.63) is 102 Å². The third kappa shape index (κ3) is 6.57. The molecule has 0 saturated carbocycles. The number of hydrogen-bond donors (Lipinski definition) is 2. The smallest absolute Gasteiger partial charge is 0.358 e. The Hall–Kier alpha value is -4.85. The summed E-state index contributed by atoms with van der Waals surface area (Å²) in [6.07, 6.45) is 2.79. The number of phenolic OH excluding ortho intramolecular Hbond substituents is 1. The summed E-state index contributed by atoms with van der Waals surface area (Å²) in [7, 11) is 0. The van der Waals surface area contributed by atoms with Crippen LogP contribution in [0.1, 0.15) is 21.5 Å². The third-order valence-electron chi connectivity index (χ3n) is 4.44. The molecule has 172 valence electrons. The van der Waals surface area contributed by atoms with Gasteiger partial charge in [0.1, 0.15) is 28.7 Å². The van der Waals surface area contributed by atoms with Gasteiger partial charge in [-0.3, -0.25) is 0 Å². The predicted molar refractivity (Wildman–Crippen MR) is 124 cm³/mol. The second-order valence-corrected chi connectivity index (χ2v) is 7.10. The summed E-state index contributed by atoms with van der Waals surface area (Å²) in [5.41, 5.74) is 6.61. The Morgan fingerprint density at radius 3 is 2.15 bits per heavy atom. The number of hydrogen-bond acceptors (Lipinski definition) is 8. The van der Waals surface area contributed by atoms with Crippen LogP contribution in [0.3, 0.4) is 0 Å². The lowest BCUT2D eigenvalue weighted by Gasteiger charge is -2.09. The molecule has 0 aliphatic rings. The van der Waals surface area contributed by atoms with Crippen molar-refractivity contribution < 1.29 is 33.7 Å². The molecule has 0 bridgehead atoms. The fourth-order valence-corrected chi connectivity index (χ4v) is 2.69. The highest BCUT2D eigenvalue weighted by Crippen LogP contribution is 2.25. The average Bonchev–Trinajstić information content (AvgIpc) is 2.80. The lowest BCUT2D eigenvalue weighted by molar-refractivity contribution is -0.130. The van der Waals surface area contributed by atoms with Gasteiger partial charge < -0.3 is 25.1 Å². The van der Waals surface area contributed by atoms with Crippen molar-refractivity contribution in [3.8, 4) is 23.0 Å². The highest BCUT2D eigenvalue weighted by molar-refractivity contribution is 5.91. The fraction of sp³-hybridized carbons (Fsp3) is 0.0385. The molecule has 3 aromatic rings. The number of esters is 3. The molecule has 8 nitrogen and oxygen atoms in total. The summed E-state index contributed by atoms with van der Waals surface area (Å²) in [4.78, 5) is 35.8. The zero-order chi connectivity index (χ0) is 24.7. The molecule has 0 aromatic heterocycles. The van der Waals surface area contributed by atoms with Crippen LogP contribution in [0.2, 0.25) is 0 Å². The van der Waals surface area contributed by atoms with E-state index in [-0.39, 0.29) is 28.5 Å². The van der Waals surface area contributed by atoms with Gasteiger partial charge in [0.2, 0.25) is 0 Å². The van der Waals surface area contributed by atoms with E-state index in [0.29, 0.717) is 16.9 Å². The van der Waals surface area contributed by atoms with Crippen LogP contribution in [0.25, 0.3) is 6.08 Å². The maximum atomic E-state index is 12.2. The van der Waals surface area contributed by atoms with Crippen LogP contribution >= 0.6 is 0 Å². The van der Waals surface area contributed by atoms with E-state index in [1.165, 1.54) is 42.5 Å². The van der Waals surface area contributed by atoms with Gasteiger partial charge in [-0.2, -0.15) is 0 Å². The number of benzene rings is 3. The largest absolute Gasteiger partial charge is 0.508 e. The summed E-state index contributed by atoms with van der Waals surface area (Å²) < 4.78 is 15.6. The number of rotatable bonds is 7. The van der Waals surface area contributed by atoms with Crippen LogP contribution in [-0.2, 0) is 9.59 Å². The van der Waals surface area contributed by atoms with E-state index in [1.54, 1.807) is 43.3 Å². The van der Waals surface area contributed by atoms with Gasteiger partial charge in [0.15, 0.2) is 0 Å². The maximum Gasteiger partial charge on any atom is 0.358 e. The summed E-state index contributed by atoms with van der Waals surface area (Å²) in [5, 5.41) is 9.31. The van der Waals surface area contributed by atoms with Crippen LogP contribution in [0.15, 0.2) is 85.1 Å². The van der Waals surface area contributed by atoms with Crippen LogP contribution in [0.5, 0.6) is 23.0 Å². The second-order valence-electron chi connectivity index (χ2n) is 7.10. The van der Waals surface area contributed by atoms with Crippen LogP contribution in [-0.4, -0.2) is 23.0 Å². The molecule has 0 aliphatic carbocycles. The lowest BCUT2D eigenvalue weighted by atomic mass is 10.2. The molecule has 0 saturated heterocycles. The first kappa shape index (κ1) is 23.8. The van der Waals surface area contributed by atoms with Gasteiger partial charge in [0.25, 0.3) is 0 Å². The van der Waals surface area contributed by atoms with E-state index in [2.05, 4.69) is 6.58 Å². The Morgan fingerprint density at radius 2 is 1.53 bits per heavy atom. The molecule has 0 unspecified atom stereocenters. The summed E-state index contributed by atoms with van der Waals surface area (Å²) >= 11 is 0. The topological polar surface area (TPSA) is 125 Å². The molecule has 3 aromatic carbocycles. The molecule has 3 rings (SSSR count). The normalized spacial score (nSPS) is 10.5. The number of nitrogens with two attached hydrogens (primary N) is 1. The number of carbonyl (C=O) groups excluding carboxylic acids is 3. The fourth-order valence-electron chi connectivity index (χ4n) is 2.69. The van der Waals surface area contributed by atoms with Crippen LogP contribution in [0.4, 0.5) is 0 Å². The summed E-state index contributed by atoms with van der Waals surface area (Å²) in [6, 6.07) is 16.7. The highest BCUT2D eigenvalue weighted by Gasteiger charge is 2.11.